The highest BCUT2D eigenvalue weighted by Crippen LogP contribution is 2.21. The normalized spacial score (nSPS) is 10.9. The molecule has 0 unspecified atom stereocenters. The standard InChI is InChI=1S/C14H16N6O2S/c1-2-4-10-5-3-6-12(20-14(21)15-17-18-20)11(10)9-22-13-7-8-19(23)16-13/h3,5-8,23H,2,4,9H2,1H3,(H,15,18,21). The van der Waals surface area contributed by atoms with Crippen LogP contribution in [0.2, 0.25) is 0 Å². The van der Waals surface area contributed by atoms with Crippen molar-refractivity contribution in [1.29, 1.82) is 0 Å². The molecule has 0 amide bonds. The van der Waals surface area contributed by atoms with Gasteiger partial charge in [-0.05, 0) is 41.3 Å². The van der Waals surface area contributed by atoms with Gasteiger partial charge in [-0.1, -0.05) is 25.5 Å². The quantitative estimate of drug-likeness (QED) is 0.666. The number of nitrogens with zero attached hydrogens (tertiary/aromatic N) is 5. The predicted octanol–water partition coefficient (Wildman–Crippen LogP) is 1.38. The van der Waals surface area contributed by atoms with E-state index in [1.54, 1.807) is 12.3 Å². The lowest BCUT2D eigenvalue weighted by Gasteiger charge is -2.13. The minimum absolute atomic E-state index is 0.273. The van der Waals surface area contributed by atoms with Gasteiger partial charge in [0.1, 0.15) is 6.61 Å². The number of aromatic nitrogens is 6. The average molecular weight is 332 g/mol. The molecule has 1 N–H and O–H groups in total. The summed E-state index contributed by atoms with van der Waals surface area (Å²) in [6, 6.07) is 7.46. The number of benzene rings is 1. The summed E-state index contributed by atoms with van der Waals surface area (Å²) in [6.07, 6.45) is 3.54. The van der Waals surface area contributed by atoms with E-state index in [1.807, 2.05) is 18.2 Å². The lowest BCUT2D eigenvalue weighted by Crippen LogP contribution is -2.19. The van der Waals surface area contributed by atoms with Crippen LogP contribution in [0.4, 0.5) is 0 Å². The molecule has 120 valence electrons. The summed E-state index contributed by atoms with van der Waals surface area (Å²) in [5.41, 5.74) is 2.25. The van der Waals surface area contributed by atoms with Gasteiger partial charge < -0.3 is 4.74 Å². The van der Waals surface area contributed by atoms with Crippen molar-refractivity contribution in [3.05, 3.63) is 52.1 Å². The Morgan fingerprint density at radius 1 is 1.35 bits per heavy atom. The zero-order chi connectivity index (χ0) is 16.2. The van der Waals surface area contributed by atoms with Crippen LogP contribution in [0.15, 0.2) is 35.3 Å². The maximum absolute atomic E-state index is 11.8. The third-order valence-corrected chi connectivity index (χ3v) is 3.61. The molecule has 3 rings (SSSR count). The van der Waals surface area contributed by atoms with Gasteiger partial charge in [-0.3, -0.25) is 0 Å². The van der Waals surface area contributed by atoms with Gasteiger partial charge in [0.2, 0.25) is 5.88 Å². The molecule has 0 aliphatic heterocycles. The monoisotopic (exact) mass is 332 g/mol. The SMILES string of the molecule is CCCc1cccc(-n2nn[nH]c2=O)c1COc1ccn(S)n1. The molecule has 9 heteroatoms. The first-order chi connectivity index (χ1) is 11.2. The van der Waals surface area contributed by atoms with Crippen molar-refractivity contribution in [2.45, 2.75) is 26.4 Å². The fourth-order valence-electron chi connectivity index (χ4n) is 2.37. The van der Waals surface area contributed by atoms with Gasteiger partial charge >= 0.3 is 5.69 Å². The van der Waals surface area contributed by atoms with Crippen LogP contribution in [-0.4, -0.2) is 29.4 Å². The highest BCUT2D eigenvalue weighted by atomic mass is 32.1. The highest BCUT2D eigenvalue weighted by Gasteiger charge is 2.14. The summed E-state index contributed by atoms with van der Waals surface area (Å²) in [7, 11) is 0. The zero-order valence-corrected chi connectivity index (χ0v) is 13.4. The molecule has 0 saturated heterocycles. The number of hydrogen-bond donors (Lipinski definition) is 2. The highest BCUT2D eigenvalue weighted by molar-refractivity contribution is 7.78. The van der Waals surface area contributed by atoms with Crippen LogP contribution in [0.1, 0.15) is 24.5 Å². The first kappa shape index (κ1) is 15.3. The first-order valence-corrected chi connectivity index (χ1v) is 7.58. The van der Waals surface area contributed by atoms with Crippen molar-refractivity contribution in [3.8, 4) is 11.6 Å². The van der Waals surface area contributed by atoms with Crippen molar-refractivity contribution in [1.82, 2.24) is 29.4 Å². The molecule has 2 aromatic heterocycles. The fourth-order valence-corrected chi connectivity index (χ4v) is 2.52. The van der Waals surface area contributed by atoms with Crippen molar-refractivity contribution in [2.75, 3.05) is 0 Å². The molecule has 8 nitrogen and oxygen atoms in total. The van der Waals surface area contributed by atoms with Crippen molar-refractivity contribution >= 4 is 12.8 Å². The molecule has 3 aromatic rings. The van der Waals surface area contributed by atoms with Crippen LogP contribution < -0.4 is 10.4 Å². The summed E-state index contributed by atoms with van der Waals surface area (Å²) >= 11 is 4.08. The van der Waals surface area contributed by atoms with E-state index in [2.05, 4.69) is 40.4 Å². The van der Waals surface area contributed by atoms with Crippen molar-refractivity contribution in [3.63, 3.8) is 0 Å². The second-order valence-corrected chi connectivity index (χ2v) is 5.36. The van der Waals surface area contributed by atoms with E-state index >= 15 is 0 Å². The third-order valence-electron chi connectivity index (χ3n) is 3.38. The van der Waals surface area contributed by atoms with E-state index in [-0.39, 0.29) is 12.3 Å². The van der Waals surface area contributed by atoms with Gasteiger partial charge in [-0.25, -0.2) is 14.0 Å². The Bertz CT molecular complexity index is 853. The smallest absolute Gasteiger partial charge is 0.365 e. The number of tetrazole rings is 1. The molecule has 2 heterocycles. The number of rotatable bonds is 6. The number of ether oxygens (including phenoxy) is 1. The van der Waals surface area contributed by atoms with Crippen LogP contribution in [0.5, 0.6) is 5.88 Å². The van der Waals surface area contributed by atoms with Crippen LogP contribution >= 0.6 is 12.8 Å². The molecule has 0 aliphatic carbocycles. The summed E-state index contributed by atoms with van der Waals surface area (Å²) in [5.74, 6) is 0.463. The molecule has 0 fully saturated rings. The molecule has 0 radical (unpaired) electrons. The van der Waals surface area contributed by atoms with Crippen molar-refractivity contribution in [2.24, 2.45) is 0 Å². The van der Waals surface area contributed by atoms with Crippen LogP contribution in [0, 0.1) is 0 Å². The Kier molecular flexibility index (Phi) is 4.47. The Morgan fingerprint density at radius 3 is 2.87 bits per heavy atom. The van der Waals surface area contributed by atoms with Crippen LogP contribution in [0.25, 0.3) is 5.69 Å². The van der Waals surface area contributed by atoms with Gasteiger partial charge in [-0.15, -0.1) is 5.10 Å². The number of aromatic amines is 1. The molecule has 1 aromatic carbocycles. The van der Waals surface area contributed by atoms with Gasteiger partial charge in [0, 0.05) is 17.8 Å². The maximum atomic E-state index is 11.8. The van der Waals surface area contributed by atoms with Crippen LogP contribution in [-0.2, 0) is 13.0 Å². The summed E-state index contributed by atoms with van der Waals surface area (Å²) < 4.78 is 8.33. The van der Waals surface area contributed by atoms with Crippen LogP contribution in [0.3, 0.4) is 0 Å². The van der Waals surface area contributed by atoms with Crippen molar-refractivity contribution < 1.29 is 4.74 Å². The summed E-state index contributed by atoms with van der Waals surface area (Å²) in [6.45, 7) is 2.37. The second-order valence-electron chi connectivity index (χ2n) is 4.95. The molecule has 0 bridgehead atoms. The first-order valence-electron chi connectivity index (χ1n) is 7.18. The van der Waals surface area contributed by atoms with Gasteiger partial charge in [0.15, 0.2) is 0 Å². The minimum Gasteiger partial charge on any atom is -0.472 e. The number of nitrogens with one attached hydrogen (secondary N) is 1. The van der Waals surface area contributed by atoms with E-state index < -0.39 is 0 Å². The number of aryl methyl sites for hydroxylation is 1. The van der Waals surface area contributed by atoms with E-state index in [0.29, 0.717) is 11.6 Å². The average Bonchev–Trinajstić information content (AvgIpc) is 3.14. The van der Waals surface area contributed by atoms with E-state index in [4.69, 9.17) is 4.74 Å². The summed E-state index contributed by atoms with van der Waals surface area (Å²) in [4.78, 5) is 11.8. The largest absolute Gasteiger partial charge is 0.472 e. The number of hydrogen-bond acceptors (Lipinski definition) is 6. The lowest BCUT2D eigenvalue weighted by molar-refractivity contribution is 0.291. The predicted molar refractivity (Wildman–Crippen MR) is 86.9 cm³/mol. The number of H-pyrrole nitrogens is 1. The molecule has 0 spiro atoms. The number of thiol groups is 1. The topological polar surface area (TPSA) is 90.6 Å². The Balaban J connectivity index is 1.97. The fraction of sp³-hybridized carbons (Fsp3) is 0.286. The molecule has 0 aliphatic rings. The van der Waals surface area contributed by atoms with Gasteiger partial charge in [-0.2, -0.15) is 4.68 Å². The van der Waals surface area contributed by atoms with Gasteiger partial charge in [0.05, 0.1) is 5.69 Å². The second kappa shape index (κ2) is 6.69. The third kappa shape index (κ3) is 3.29. The van der Waals surface area contributed by atoms with E-state index in [9.17, 15) is 4.79 Å². The Morgan fingerprint density at radius 2 is 2.22 bits per heavy atom. The van der Waals surface area contributed by atoms with E-state index in [0.717, 1.165) is 24.0 Å². The molecule has 0 saturated carbocycles. The van der Waals surface area contributed by atoms with E-state index in [1.165, 1.54) is 8.77 Å². The zero-order valence-electron chi connectivity index (χ0n) is 12.5. The molecular weight excluding hydrogens is 316 g/mol. The molecular formula is C14H16N6O2S. The maximum Gasteiger partial charge on any atom is 0.365 e. The summed E-state index contributed by atoms with van der Waals surface area (Å²) in [5, 5.41) is 13.7. The molecule has 23 heavy (non-hydrogen) atoms. The Labute approximate surface area is 137 Å². The lowest BCUT2D eigenvalue weighted by atomic mass is 10.0. The Hall–Kier alpha value is -2.55. The molecule has 0 atom stereocenters. The van der Waals surface area contributed by atoms with Gasteiger partial charge in [0.25, 0.3) is 0 Å². The minimum atomic E-state index is -0.389.